The summed E-state index contributed by atoms with van der Waals surface area (Å²) >= 11 is 0. The molecule has 1 aromatic carbocycles. The maximum absolute atomic E-state index is 11.3. The van der Waals surface area contributed by atoms with E-state index in [9.17, 15) is 25.2 Å². The van der Waals surface area contributed by atoms with Crippen LogP contribution in [0, 0.1) is 11.8 Å². The van der Waals surface area contributed by atoms with E-state index in [1.807, 2.05) is 12.1 Å². The Morgan fingerprint density at radius 1 is 1.13 bits per heavy atom. The number of rotatable bonds is 3. The fraction of sp³-hybridized carbons (Fsp3) is 0.696. The second kappa shape index (κ2) is 7.71. The van der Waals surface area contributed by atoms with Crippen LogP contribution in [0.2, 0.25) is 0 Å². The van der Waals surface area contributed by atoms with Crippen molar-refractivity contribution in [2.45, 2.75) is 81.3 Å². The number of aliphatic hydroxyl groups is 3. The third-order valence-electron chi connectivity index (χ3n) is 7.96. The van der Waals surface area contributed by atoms with E-state index in [1.165, 1.54) is 11.1 Å². The number of aliphatic carboxylic acids is 1. The standard InChI is InChI=1S/C23H30O8/c1-23-8-6-14-13-5-3-12(10-11(13)2-4-15(14)16(23)7-9-29-23)30-22-19(26)17(24)18(25)20(31-22)21(27)28/h3,5,10,14-20,22,24-26H,2,4,6-9H2,1H3,(H,27,28)/t14?,15?,16?,17-,18-,19+,20-,22+,23-/m0/s1. The largest absolute Gasteiger partial charge is 0.479 e. The number of hydrogen-bond donors (Lipinski definition) is 4. The van der Waals surface area contributed by atoms with E-state index in [1.54, 1.807) is 0 Å². The number of ether oxygens (including phenoxy) is 3. The van der Waals surface area contributed by atoms with Crippen LogP contribution in [-0.2, 0) is 20.7 Å². The smallest absolute Gasteiger partial charge is 0.335 e. The summed E-state index contributed by atoms with van der Waals surface area (Å²) in [6.07, 6.45) is -2.73. The number of fused-ring (bicyclic) bond motifs is 5. The zero-order valence-electron chi connectivity index (χ0n) is 17.5. The lowest BCUT2D eigenvalue weighted by Gasteiger charge is -2.48. The molecule has 9 atom stereocenters. The highest BCUT2D eigenvalue weighted by atomic mass is 16.7. The first kappa shape index (κ1) is 21.2. The van der Waals surface area contributed by atoms with Crippen molar-refractivity contribution in [1.82, 2.24) is 0 Å². The van der Waals surface area contributed by atoms with E-state index < -0.39 is 36.7 Å². The number of benzene rings is 1. The summed E-state index contributed by atoms with van der Waals surface area (Å²) in [7, 11) is 0. The molecule has 2 heterocycles. The van der Waals surface area contributed by atoms with Crippen LogP contribution in [0.1, 0.15) is 49.7 Å². The molecule has 0 aromatic heterocycles. The predicted molar refractivity (Wildman–Crippen MR) is 108 cm³/mol. The molecule has 8 heteroatoms. The molecule has 0 radical (unpaired) electrons. The highest BCUT2D eigenvalue weighted by Crippen LogP contribution is 2.55. The van der Waals surface area contributed by atoms with E-state index in [-0.39, 0.29) is 5.60 Å². The van der Waals surface area contributed by atoms with E-state index in [0.717, 1.165) is 38.7 Å². The molecular weight excluding hydrogens is 404 g/mol. The Hall–Kier alpha value is -1.71. The van der Waals surface area contributed by atoms with Gasteiger partial charge in [0.05, 0.1) is 5.60 Å². The summed E-state index contributed by atoms with van der Waals surface area (Å²) in [4.78, 5) is 11.3. The first-order chi connectivity index (χ1) is 14.8. The van der Waals surface area contributed by atoms with Crippen LogP contribution >= 0.6 is 0 Å². The summed E-state index contributed by atoms with van der Waals surface area (Å²) in [6.45, 7) is 3.12. The third kappa shape index (κ3) is 3.45. The first-order valence-corrected chi connectivity index (χ1v) is 11.1. The van der Waals surface area contributed by atoms with Crippen molar-refractivity contribution in [1.29, 1.82) is 0 Å². The van der Waals surface area contributed by atoms with Crippen LogP contribution in [0.4, 0.5) is 0 Å². The van der Waals surface area contributed by atoms with Gasteiger partial charge >= 0.3 is 5.97 Å². The molecule has 3 fully saturated rings. The zero-order valence-corrected chi connectivity index (χ0v) is 17.5. The van der Waals surface area contributed by atoms with E-state index in [4.69, 9.17) is 14.2 Å². The molecule has 1 aromatic rings. The van der Waals surface area contributed by atoms with Gasteiger partial charge < -0.3 is 34.6 Å². The van der Waals surface area contributed by atoms with Gasteiger partial charge in [-0.2, -0.15) is 0 Å². The Balaban J connectivity index is 1.34. The van der Waals surface area contributed by atoms with Crippen molar-refractivity contribution in [3.05, 3.63) is 29.3 Å². The normalized spacial score (nSPS) is 44.1. The molecule has 5 rings (SSSR count). The molecule has 8 nitrogen and oxygen atoms in total. The van der Waals surface area contributed by atoms with Gasteiger partial charge in [-0.3, -0.25) is 0 Å². The molecule has 31 heavy (non-hydrogen) atoms. The lowest BCUT2D eigenvalue weighted by Crippen LogP contribution is -2.61. The van der Waals surface area contributed by atoms with Gasteiger partial charge in [-0.05, 0) is 80.0 Å². The fourth-order valence-corrected chi connectivity index (χ4v) is 6.32. The average molecular weight is 434 g/mol. The molecular formula is C23H30O8. The number of aryl methyl sites for hydroxylation is 1. The van der Waals surface area contributed by atoms with Crippen LogP contribution in [0.5, 0.6) is 5.75 Å². The Morgan fingerprint density at radius 2 is 1.94 bits per heavy atom. The van der Waals surface area contributed by atoms with Crippen molar-refractivity contribution in [3.8, 4) is 5.75 Å². The van der Waals surface area contributed by atoms with Crippen molar-refractivity contribution < 1.29 is 39.4 Å². The second-order valence-electron chi connectivity index (χ2n) is 9.62. The quantitative estimate of drug-likeness (QED) is 0.559. The monoisotopic (exact) mass is 434 g/mol. The molecule has 0 amide bonds. The summed E-state index contributed by atoms with van der Waals surface area (Å²) in [6, 6.07) is 5.80. The first-order valence-electron chi connectivity index (χ1n) is 11.1. The number of carboxylic acid groups (broad SMARTS) is 1. The third-order valence-corrected chi connectivity index (χ3v) is 7.96. The minimum Gasteiger partial charge on any atom is -0.479 e. The lowest BCUT2D eigenvalue weighted by atomic mass is 9.59. The zero-order chi connectivity index (χ0) is 21.9. The molecule has 1 saturated carbocycles. The Morgan fingerprint density at radius 3 is 2.71 bits per heavy atom. The fourth-order valence-electron chi connectivity index (χ4n) is 6.32. The van der Waals surface area contributed by atoms with Gasteiger partial charge in [0.15, 0.2) is 6.10 Å². The van der Waals surface area contributed by atoms with Crippen LogP contribution in [-0.4, -0.2) is 69.3 Å². The molecule has 2 aliphatic carbocycles. The Kier molecular flexibility index (Phi) is 5.26. The van der Waals surface area contributed by atoms with Crippen molar-refractivity contribution >= 4 is 5.97 Å². The van der Waals surface area contributed by atoms with Gasteiger partial charge in [0.2, 0.25) is 6.29 Å². The van der Waals surface area contributed by atoms with Crippen LogP contribution in [0.25, 0.3) is 0 Å². The van der Waals surface area contributed by atoms with E-state index >= 15 is 0 Å². The number of hydrogen-bond acceptors (Lipinski definition) is 7. The molecule has 0 spiro atoms. The Bertz CT molecular complexity index is 858. The molecule has 2 saturated heterocycles. The molecule has 4 N–H and O–H groups in total. The van der Waals surface area contributed by atoms with Crippen molar-refractivity contribution in [3.63, 3.8) is 0 Å². The van der Waals surface area contributed by atoms with Gasteiger partial charge in [-0.25, -0.2) is 4.79 Å². The van der Waals surface area contributed by atoms with Crippen LogP contribution in [0.15, 0.2) is 18.2 Å². The summed E-state index contributed by atoms with van der Waals surface area (Å²) in [5, 5.41) is 39.2. The maximum Gasteiger partial charge on any atom is 0.335 e. The minimum atomic E-state index is -1.73. The summed E-state index contributed by atoms with van der Waals surface area (Å²) < 4.78 is 17.1. The summed E-state index contributed by atoms with van der Waals surface area (Å²) in [5.74, 6) is 0.740. The van der Waals surface area contributed by atoms with Crippen molar-refractivity contribution in [2.75, 3.05) is 6.61 Å². The molecule has 4 aliphatic rings. The van der Waals surface area contributed by atoms with Gasteiger partial charge in [0.25, 0.3) is 0 Å². The van der Waals surface area contributed by atoms with Gasteiger partial charge in [0, 0.05) is 6.61 Å². The number of carboxylic acids is 1. The topological polar surface area (TPSA) is 126 Å². The lowest BCUT2D eigenvalue weighted by molar-refractivity contribution is -0.271. The minimum absolute atomic E-state index is 0.0161. The Labute approximate surface area is 180 Å². The van der Waals surface area contributed by atoms with Gasteiger partial charge in [-0.1, -0.05) is 6.07 Å². The maximum atomic E-state index is 11.3. The molecule has 3 unspecified atom stereocenters. The predicted octanol–water partition coefficient (Wildman–Crippen LogP) is 1.19. The second-order valence-corrected chi connectivity index (χ2v) is 9.62. The molecule has 0 bridgehead atoms. The van der Waals surface area contributed by atoms with Crippen LogP contribution < -0.4 is 4.74 Å². The average Bonchev–Trinajstić information content (AvgIpc) is 3.15. The highest BCUT2D eigenvalue weighted by molar-refractivity contribution is 5.73. The van der Waals surface area contributed by atoms with Gasteiger partial charge in [-0.15, -0.1) is 0 Å². The summed E-state index contributed by atoms with van der Waals surface area (Å²) in [5.41, 5.74) is 2.55. The SMILES string of the molecule is C[C@]12CCC3c4ccc(O[C@@H]5O[C@H](C(=O)O)[C@@H](O)[C@H](O)[C@H]5O)cc4CCC3C1CCO2. The van der Waals surface area contributed by atoms with E-state index in [2.05, 4.69) is 13.0 Å². The molecule has 2 aliphatic heterocycles. The highest BCUT2D eigenvalue weighted by Gasteiger charge is 2.52. The van der Waals surface area contributed by atoms with Crippen molar-refractivity contribution in [2.24, 2.45) is 11.8 Å². The van der Waals surface area contributed by atoms with E-state index in [0.29, 0.717) is 23.5 Å². The number of carbonyl (C=O) groups is 1. The van der Waals surface area contributed by atoms with Crippen LogP contribution in [0.3, 0.4) is 0 Å². The molecule has 170 valence electrons. The number of aliphatic hydroxyl groups excluding tert-OH is 3. The van der Waals surface area contributed by atoms with Gasteiger partial charge in [0.1, 0.15) is 24.1 Å².